The zero-order chi connectivity index (χ0) is 11.0. The Morgan fingerprint density at radius 1 is 1.60 bits per heavy atom. The Kier molecular flexibility index (Phi) is 2.42. The predicted molar refractivity (Wildman–Crippen MR) is 61.9 cm³/mol. The highest BCUT2D eigenvalue weighted by atomic mass is 127. The number of nitrogens with zero attached hydrogens (tertiary/aromatic N) is 3. The molecule has 78 valence electrons. The molecule has 2 N–H and O–H groups in total. The van der Waals surface area contributed by atoms with Gasteiger partial charge in [0.05, 0.1) is 22.9 Å². The molecule has 0 aliphatic rings. The van der Waals surface area contributed by atoms with E-state index in [4.69, 9.17) is 0 Å². The van der Waals surface area contributed by atoms with E-state index in [1.54, 1.807) is 0 Å². The fourth-order valence-corrected chi connectivity index (χ4v) is 1.74. The molecule has 15 heavy (non-hydrogen) atoms. The van der Waals surface area contributed by atoms with Gasteiger partial charge in [0.25, 0.3) is 0 Å². The third-order valence-corrected chi connectivity index (χ3v) is 2.64. The molecule has 7 nitrogen and oxygen atoms in total. The number of aromatic nitrogens is 4. The summed E-state index contributed by atoms with van der Waals surface area (Å²) in [6.07, 6.45) is 1.28. The van der Waals surface area contributed by atoms with Crippen LogP contribution in [0, 0.1) is 0 Å². The number of aromatic amines is 1. The molecule has 0 aromatic carbocycles. The lowest BCUT2D eigenvalue weighted by atomic mass is 10.5. The SMILES string of the molecule is CC(=O)Nc1ncnc2[nH]c(=O)n(I)c12. The second-order valence-electron chi connectivity index (χ2n) is 2.81. The summed E-state index contributed by atoms with van der Waals surface area (Å²) in [6, 6.07) is 0. The summed E-state index contributed by atoms with van der Waals surface area (Å²) in [5.74, 6) is 0.0697. The molecule has 2 heterocycles. The first-order chi connectivity index (χ1) is 7.09. The normalized spacial score (nSPS) is 10.5. The summed E-state index contributed by atoms with van der Waals surface area (Å²) < 4.78 is 1.32. The standard InChI is InChI=1S/C7H6IN5O2/c1-3(14)11-5-4-6(10-2-9-5)12-7(15)13(4)8/h2H,1H3,(H2,9,10,11,12,14,15). The number of anilines is 1. The number of rotatable bonds is 1. The molecule has 0 saturated heterocycles. The lowest BCUT2D eigenvalue weighted by Gasteiger charge is -2.01. The molecule has 0 unspecified atom stereocenters. The summed E-state index contributed by atoms with van der Waals surface area (Å²) >= 11 is 1.81. The molecule has 8 heteroatoms. The van der Waals surface area contributed by atoms with Crippen molar-refractivity contribution in [1.29, 1.82) is 0 Å². The maximum atomic E-state index is 11.3. The molecule has 0 saturated carbocycles. The summed E-state index contributed by atoms with van der Waals surface area (Å²) in [5.41, 5.74) is 0.559. The topological polar surface area (TPSA) is 92.7 Å². The van der Waals surface area contributed by atoms with Crippen molar-refractivity contribution in [3.63, 3.8) is 0 Å². The lowest BCUT2D eigenvalue weighted by Crippen LogP contribution is -2.10. The highest BCUT2D eigenvalue weighted by Crippen LogP contribution is 2.17. The van der Waals surface area contributed by atoms with E-state index in [0.29, 0.717) is 17.0 Å². The van der Waals surface area contributed by atoms with Crippen molar-refractivity contribution >= 4 is 45.8 Å². The fraction of sp³-hybridized carbons (Fsp3) is 0.143. The molecular weight excluding hydrogens is 313 g/mol. The second kappa shape index (κ2) is 3.61. The number of carbonyl (C=O) groups excluding carboxylic acids is 1. The zero-order valence-electron chi connectivity index (χ0n) is 7.61. The number of halogens is 1. The summed E-state index contributed by atoms with van der Waals surface area (Å²) in [5, 5.41) is 2.53. The number of hydrogen-bond donors (Lipinski definition) is 2. The van der Waals surface area contributed by atoms with E-state index in [1.807, 2.05) is 22.9 Å². The molecule has 0 atom stereocenters. The molecule has 2 aromatic rings. The van der Waals surface area contributed by atoms with Crippen LogP contribution in [0.3, 0.4) is 0 Å². The van der Waals surface area contributed by atoms with Crippen molar-refractivity contribution in [2.75, 3.05) is 5.32 Å². The van der Waals surface area contributed by atoms with Crippen molar-refractivity contribution in [3.05, 3.63) is 16.8 Å². The monoisotopic (exact) mass is 319 g/mol. The Labute approximate surface area is 97.4 Å². The minimum absolute atomic E-state index is 0.250. The van der Waals surface area contributed by atoms with Crippen LogP contribution < -0.4 is 11.0 Å². The first-order valence-electron chi connectivity index (χ1n) is 3.99. The largest absolute Gasteiger partial charge is 0.336 e. The van der Waals surface area contributed by atoms with E-state index in [-0.39, 0.29) is 11.6 Å². The Bertz CT molecular complexity index is 587. The van der Waals surface area contributed by atoms with E-state index in [2.05, 4.69) is 20.3 Å². The van der Waals surface area contributed by atoms with Crippen LogP contribution in [0.15, 0.2) is 11.1 Å². The molecule has 0 aliphatic heterocycles. The number of nitrogens with one attached hydrogen (secondary N) is 2. The van der Waals surface area contributed by atoms with Crippen molar-refractivity contribution in [2.45, 2.75) is 6.92 Å². The van der Waals surface area contributed by atoms with Crippen LogP contribution in [0.5, 0.6) is 0 Å². The van der Waals surface area contributed by atoms with E-state index in [9.17, 15) is 9.59 Å². The van der Waals surface area contributed by atoms with Gasteiger partial charge in [0, 0.05) is 6.92 Å². The predicted octanol–water partition coefficient (Wildman–Crippen LogP) is 0.276. The smallest absolute Gasteiger partial charge is 0.309 e. The third-order valence-electron chi connectivity index (χ3n) is 1.72. The van der Waals surface area contributed by atoms with Gasteiger partial charge in [-0.1, -0.05) is 0 Å². The van der Waals surface area contributed by atoms with Crippen molar-refractivity contribution in [3.8, 4) is 0 Å². The lowest BCUT2D eigenvalue weighted by molar-refractivity contribution is -0.114. The van der Waals surface area contributed by atoms with E-state index < -0.39 is 0 Å². The zero-order valence-corrected chi connectivity index (χ0v) is 9.77. The average molecular weight is 319 g/mol. The van der Waals surface area contributed by atoms with Crippen LogP contribution in [-0.2, 0) is 4.79 Å². The minimum Gasteiger partial charge on any atom is -0.309 e. The molecule has 2 rings (SSSR count). The van der Waals surface area contributed by atoms with Crippen LogP contribution in [0.2, 0.25) is 0 Å². The molecular formula is C7H6IN5O2. The van der Waals surface area contributed by atoms with Gasteiger partial charge in [0.15, 0.2) is 11.5 Å². The van der Waals surface area contributed by atoms with E-state index in [1.165, 1.54) is 16.0 Å². The van der Waals surface area contributed by atoms with Gasteiger partial charge in [-0.05, 0) is 0 Å². The van der Waals surface area contributed by atoms with E-state index >= 15 is 0 Å². The van der Waals surface area contributed by atoms with Crippen LogP contribution in [0.4, 0.5) is 5.82 Å². The molecule has 0 radical (unpaired) electrons. The Morgan fingerprint density at radius 3 is 3.00 bits per heavy atom. The maximum Gasteiger partial charge on any atom is 0.336 e. The number of imidazole rings is 1. The van der Waals surface area contributed by atoms with Gasteiger partial charge in [0.1, 0.15) is 11.8 Å². The van der Waals surface area contributed by atoms with Crippen LogP contribution in [0.1, 0.15) is 6.92 Å². The molecule has 0 bridgehead atoms. The van der Waals surface area contributed by atoms with Crippen LogP contribution >= 0.6 is 22.9 Å². The third kappa shape index (κ3) is 1.71. The number of H-pyrrole nitrogens is 1. The molecule has 0 spiro atoms. The Morgan fingerprint density at radius 2 is 2.33 bits per heavy atom. The Balaban J connectivity index is 2.74. The first kappa shape index (κ1) is 10.1. The summed E-state index contributed by atoms with van der Waals surface area (Å²) in [6.45, 7) is 1.37. The van der Waals surface area contributed by atoms with Crippen molar-refractivity contribution in [2.24, 2.45) is 0 Å². The fourth-order valence-electron chi connectivity index (χ4n) is 1.17. The van der Waals surface area contributed by atoms with Gasteiger partial charge >= 0.3 is 5.69 Å². The van der Waals surface area contributed by atoms with Gasteiger partial charge in [-0.25, -0.2) is 17.5 Å². The van der Waals surface area contributed by atoms with Crippen LogP contribution in [0.25, 0.3) is 11.2 Å². The van der Waals surface area contributed by atoms with Gasteiger partial charge in [0.2, 0.25) is 5.91 Å². The van der Waals surface area contributed by atoms with Gasteiger partial charge in [-0.2, -0.15) is 0 Å². The van der Waals surface area contributed by atoms with E-state index in [0.717, 1.165) is 0 Å². The van der Waals surface area contributed by atoms with Crippen molar-refractivity contribution in [1.82, 2.24) is 17.7 Å². The summed E-state index contributed by atoms with van der Waals surface area (Å²) in [4.78, 5) is 32.5. The molecule has 2 aromatic heterocycles. The second-order valence-corrected chi connectivity index (χ2v) is 3.78. The van der Waals surface area contributed by atoms with Crippen LogP contribution in [-0.4, -0.2) is 23.6 Å². The number of hydrogen-bond acceptors (Lipinski definition) is 4. The van der Waals surface area contributed by atoms with Gasteiger partial charge < -0.3 is 5.32 Å². The van der Waals surface area contributed by atoms with Crippen molar-refractivity contribution < 1.29 is 4.79 Å². The molecule has 0 fully saturated rings. The quantitative estimate of drug-likeness (QED) is 0.738. The first-order valence-corrected chi connectivity index (χ1v) is 4.95. The number of carbonyl (C=O) groups is 1. The van der Waals surface area contributed by atoms with Gasteiger partial charge in [-0.15, -0.1) is 0 Å². The highest BCUT2D eigenvalue weighted by Gasteiger charge is 2.12. The highest BCUT2D eigenvalue weighted by molar-refractivity contribution is 14.1. The molecule has 0 aliphatic carbocycles. The number of amides is 1. The summed E-state index contributed by atoms with van der Waals surface area (Å²) in [7, 11) is 0. The van der Waals surface area contributed by atoms with Gasteiger partial charge in [-0.3, -0.25) is 9.78 Å². The Hall–Kier alpha value is -1.45. The minimum atomic E-state index is -0.308. The number of fused-ring (bicyclic) bond motifs is 1. The molecule has 1 amide bonds. The maximum absolute atomic E-state index is 11.3. The average Bonchev–Trinajstić information content (AvgIpc) is 2.43.